The molecule has 5 nitrogen and oxygen atoms in total. The van der Waals surface area contributed by atoms with Gasteiger partial charge in [0.15, 0.2) is 5.82 Å². The van der Waals surface area contributed by atoms with E-state index >= 15 is 0 Å². The third kappa shape index (κ3) is 2.41. The third-order valence-electron chi connectivity index (χ3n) is 1.46. The summed E-state index contributed by atoms with van der Waals surface area (Å²) in [6.45, 7) is 2.00. The zero-order valence-electron chi connectivity index (χ0n) is 7.54. The Balaban J connectivity index is 2.77. The van der Waals surface area contributed by atoms with Crippen molar-refractivity contribution < 1.29 is 14.3 Å². The number of aromatic nitrogens is 2. The van der Waals surface area contributed by atoms with E-state index in [1.807, 2.05) is 0 Å². The summed E-state index contributed by atoms with van der Waals surface area (Å²) < 4.78 is 4.72. The Bertz CT molecular complexity index is 348. The van der Waals surface area contributed by atoms with Crippen molar-refractivity contribution in [3.8, 4) is 0 Å². The first-order chi connectivity index (χ1) is 6.69. The van der Waals surface area contributed by atoms with Gasteiger partial charge in [0.1, 0.15) is 5.69 Å². The number of hydrogen-bond acceptors (Lipinski definition) is 4. The van der Waals surface area contributed by atoms with Crippen LogP contribution in [-0.4, -0.2) is 33.7 Å². The molecule has 0 aliphatic heterocycles. The number of esters is 1. The first-order valence-corrected chi connectivity index (χ1v) is 5.12. The monoisotopic (exact) mass is 260 g/mol. The van der Waals surface area contributed by atoms with E-state index in [0.29, 0.717) is 6.61 Å². The van der Waals surface area contributed by atoms with Crippen LogP contribution < -0.4 is 0 Å². The molecule has 1 N–H and O–H groups in total. The number of rotatable bonds is 4. The maximum Gasteiger partial charge on any atom is 0.356 e. The Morgan fingerprint density at radius 1 is 1.64 bits per heavy atom. The molecule has 0 atom stereocenters. The molecule has 0 spiro atoms. The molecule has 0 saturated heterocycles. The van der Waals surface area contributed by atoms with E-state index in [1.54, 1.807) is 6.92 Å². The first-order valence-electron chi connectivity index (χ1n) is 4.00. The number of imidazole rings is 1. The average Bonchev–Trinajstić information content (AvgIpc) is 2.66. The Labute approximate surface area is 89.0 Å². The number of nitrogens with zero attached hydrogens (tertiary/aromatic N) is 1. The molecule has 0 bridgehead atoms. The number of alkyl halides is 1. The van der Waals surface area contributed by atoms with Gasteiger partial charge in [0.25, 0.3) is 0 Å². The van der Waals surface area contributed by atoms with E-state index in [0.717, 1.165) is 0 Å². The number of H-pyrrole nitrogens is 1. The number of carbonyl (C=O) groups excluding carboxylic acids is 2. The predicted octanol–water partition coefficient (Wildman–Crippen LogP) is 1.16. The van der Waals surface area contributed by atoms with Crippen LogP contribution in [0.15, 0.2) is 6.20 Å². The molecule has 1 heterocycles. The van der Waals surface area contributed by atoms with Gasteiger partial charge in [-0.25, -0.2) is 9.78 Å². The zero-order valence-corrected chi connectivity index (χ0v) is 9.13. The van der Waals surface area contributed by atoms with E-state index in [4.69, 9.17) is 4.74 Å². The lowest BCUT2D eigenvalue weighted by Crippen LogP contribution is -2.07. The second-order valence-corrected chi connectivity index (χ2v) is 2.98. The normalized spacial score (nSPS) is 9.86. The molecular weight excluding hydrogens is 252 g/mol. The van der Waals surface area contributed by atoms with Gasteiger partial charge in [-0.15, -0.1) is 0 Å². The minimum Gasteiger partial charge on any atom is -0.461 e. The molecule has 0 radical (unpaired) electrons. The van der Waals surface area contributed by atoms with Crippen LogP contribution in [0.1, 0.15) is 28.0 Å². The molecule has 6 heteroatoms. The van der Waals surface area contributed by atoms with Crippen molar-refractivity contribution in [2.75, 3.05) is 11.9 Å². The van der Waals surface area contributed by atoms with Crippen molar-refractivity contribution in [3.63, 3.8) is 0 Å². The maximum atomic E-state index is 11.2. The van der Waals surface area contributed by atoms with Crippen LogP contribution in [0.25, 0.3) is 0 Å². The second-order valence-electron chi connectivity index (χ2n) is 2.42. The fourth-order valence-corrected chi connectivity index (χ4v) is 1.10. The molecule has 0 aliphatic carbocycles. The number of halogens is 1. The van der Waals surface area contributed by atoms with Gasteiger partial charge in [-0.3, -0.25) is 4.79 Å². The van der Waals surface area contributed by atoms with E-state index in [1.165, 1.54) is 6.20 Å². The number of carbonyl (C=O) groups is 2. The molecule has 0 aliphatic rings. The lowest BCUT2D eigenvalue weighted by Gasteiger charge is -1.96. The van der Waals surface area contributed by atoms with Crippen LogP contribution >= 0.6 is 15.9 Å². The van der Waals surface area contributed by atoms with Crippen molar-refractivity contribution >= 4 is 27.7 Å². The second kappa shape index (κ2) is 4.90. The molecule has 0 unspecified atom stereocenters. The van der Waals surface area contributed by atoms with Crippen LogP contribution in [-0.2, 0) is 4.74 Å². The highest BCUT2D eigenvalue weighted by Gasteiger charge is 2.13. The van der Waals surface area contributed by atoms with E-state index < -0.39 is 5.97 Å². The predicted molar refractivity (Wildman–Crippen MR) is 52.7 cm³/mol. The fourth-order valence-electron chi connectivity index (χ4n) is 0.839. The van der Waals surface area contributed by atoms with Crippen molar-refractivity contribution in [1.29, 1.82) is 0 Å². The van der Waals surface area contributed by atoms with Crippen LogP contribution in [0.2, 0.25) is 0 Å². The average molecular weight is 261 g/mol. The van der Waals surface area contributed by atoms with Gasteiger partial charge in [0, 0.05) is 0 Å². The number of ketones is 1. The number of ether oxygens (including phenoxy) is 1. The molecule has 1 aromatic heterocycles. The maximum absolute atomic E-state index is 11.2. The van der Waals surface area contributed by atoms with Crippen LogP contribution in [0.4, 0.5) is 0 Å². The summed E-state index contributed by atoms with van der Waals surface area (Å²) in [5.74, 6) is -0.556. The summed E-state index contributed by atoms with van der Waals surface area (Å²) >= 11 is 3.00. The fraction of sp³-hybridized carbons (Fsp3) is 0.375. The number of Topliss-reactive ketones (excluding diaryl/α,β-unsaturated/α-hetero) is 1. The summed E-state index contributed by atoms with van der Waals surface area (Å²) in [6.07, 6.45) is 1.29. The SMILES string of the molecule is CCOC(=O)c1cnc(C(=O)CBr)[nH]1. The summed E-state index contributed by atoms with van der Waals surface area (Å²) in [6, 6.07) is 0. The lowest BCUT2D eigenvalue weighted by atomic mass is 10.4. The summed E-state index contributed by atoms with van der Waals surface area (Å²) in [7, 11) is 0. The van der Waals surface area contributed by atoms with Gasteiger partial charge in [0.05, 0.1) is 18.1 Å². The Kier molecular flexibility index (Phi) is 3.82. The van der Waals surface area contributed by atoms with Crippen LogP contribution in [0.5, 0.6) is 0 Å². The highest BCUT2D eigenvalue weighted by Crippen LogP contribution is 2.01. The Morgan fingerprint density at radius 3 is 2.93 bits per heavy atom. The van der Waals surface area contributed by atoms with Gasteiger partial charge in [-0.1, -0.05) is 15.9 Å². The van der Waals surface area contributed by atoms with E-state index in [9.17, 15) is 9.59 Å². The topological polar surface area (TPSA) is 72.0 Å². The number of nitrogens with one attached hydrogen (secondary N) is 1. The van der Waals surface area contributed by atoms with Crippen molar-refractivity contribution in [1.82, 2.24) is 9.97 Å². The smallest absolute Gasteiger partial charge is 0.356 e. The minimum absolute atomic E-state index is 0.157. The lowest BCUT2D eigenvalue weighted by molar-refractivity contribution is 0.0520. The van der Waals surface area contributed by atoms with Crippen LogP contribution in [0, 0.1) is 0 Å². The zero-order chi connectivity index (χ0) is 10.6. The van der Waals surface area contributed by atoms with Crippen molar-refractivity contribution in [2.45, 2.75) is 6.92 Å². The summed E-state index contributed by atoms with van der Waals surface area (Å²) in [5.41, 5.74) is 0.191. The third-order valence-corrected chi connectivity index (χ3v) is 1.97. The van der Waals surface area contributed by atoms with Crippen molar-refractivity contribution in [3.05, 3.63) is 17.7 Å². The minimum atomic E-state index is -0.506. The quantitative estimate of drug-likeness (QED) is 0.501. The van der Waals surface area contributed by atoms with Gasteiger partial charge in [-0.05, 0) is 6.92 Å². The highest BCUT2D eigenvalue weighted by molar-refractivity contribution is 9.09. The van der Waals surface area contributed by atoms with Gasteiger partial charge in [-0.2, -0.15) is 0 Å². The molecule has 1 aromatic rings. The Morgan fingerprint density at radius 2 is 2.36 bits per heavy atom. The van der Waals surface area contributed by atoms with Crippen LogP contribution in [0.3, 0.4) is 0 Å². The van der Waals surface area contributed by atoms with Gasteiger partial charge < -0.3 is 9.72 Å². The number of hydrogen-bond donors (Lipinski definition) is 1. The molecule has 76 valence electrons. The standard InChI is InChI=1S/C8H9BrN2O3/c1-2-14-8(13)5-4-10-7(11-5)6(12)3-9/h4H,2-3H2,1H3,(H,10,11). The largest absolute Gasteiger partial charge is 0.461 e. The first kappa shape index (κ1) is 10.9. The van der Waals surface area contributed by atoms with Crippen molar-refractivity contribution in [2.24, 2.45) is 0 Å². The molecule has 0 aromatic carbocycles. The molecule has 0 amide bonds. The molecule has 0 saturated carbocycles. The summed E-state index contributed by atoms with van der Waals surface area (Å²) in [5, 5.41) is 0.169. The number of aromatic amines is 1. The molecule has 1 rings (SSSR count). The molecular formula is C8H9BrN2O3. The van der Waals surface area contributed by atoms with Gasteiger partial charge >= 0.3 is 5.97 Å². The van der Waals surface area contributed by atoms with Gasteiger partial charge in [0.2, 0.25) is 5.78 Å². The molecule has 0 fully saturated rings. The summed E-state index contributed by atoms with van der Waals surface area (Å²) in [4.78, 5) is 28.6. The molecule has 14 heavy (non-hydrogen) atoms. The Hall–Kier alpha value is -1.17. The highest BCUT2D eigenvalue weighted by atomic mass is 79.9. The van der Waals surface area contributed by atoms with E-state index in [-0.39, 0.29) is 22.6 Å². The van der Waals surface area contributed by atoms with E-state index in [2.05, 4.69) is 25.9 Å².